The summed E-state index contributed by atoms with van der Waals surface area (Å²) in [6.07, 6.45) is 0. The minimum absolute atomic E-state index is 0.189. The number of thiophene rings is 2. The molecule has 0 radical (unpaired) electrons. The quantitative estimate of drug-likeness (QED) is 0.532. The molecule has 0 saturated heterocycles. The highest BCUT2D eigenvalue weighted by atomic mass is 35.5. The molecule has 7 heteroatoms. The van der Waals surface area contributed by atoms with E-state index in [0.717, 1.165) is 19.8 Å². The van der Waals surface area contributed by atoms with Gasteiger partial charge in [-0.1, -0.05) is 23.7 Å². The fourth-order valence-electron chi connectivity index (χ4n) is 2.54. The molecule has 0 amide bonds. The number of halogens is 1. The maximum atomic E-state index is 11.5. The Morgan fingerprint density at radius 1 is 1.25 bits per heavy atom. The van der Waals surface area contributed by atoms with Gasteiger partial charge in [-0.25, -0.2) is 4.79 Å². The average molecular weight is 375 g/mol. The Bertz CT molecular complexity index is 1030. The van der Waals surface area contributed by atoms with Crippen LogP contribution in [-0.4, -0.2) is 20.9 Å². The van der Waals surface area contributed by atoms with E-state index in [-0.39, 0.29) is 5.69 Å². The standard InChI is InChI=1S/C17H11ClN2O2S2/c18-11-4-3-10-6-12(24-16(10)7-11)9-20-14(17(21)22)8-13(19-20)15-2-1-5-23-15/h1-8H,9H2,(H,21,22). The molecule has 0 aliphatic carbocycles. The topological polar surface area (TPSA) is 55.1 Å². The molecule has 24 heavy (non-hydrogen) atoms. The first-order chi connectivity index (χ1) is 11.6. The van der Waals surface area contributed by atoms with E-state index in [9.17, 15) is 9.90 Å². The van der Waals surface area contributed by atoms with Crippen molar-refractivity contribution < 1.29 is 9.90 Å². The predicted molar refractivity (Wildman–Crippen MR) is 98.4 cm³/mol. The van der Waals surface area contributed by atoms with E-state index in [4.69, 9.17) is 11.6 Å². The van der Waals surface area contributed by atoms with Crippen molar-refractivity contribution in [3.63, 3.8) is 0 Å². The summed E-state index contributed by atoms with van der Waals surface area (Å²) in [4.78, 5) is 13.5. The lowest BCUT2D eigenvalue weighted by Gasteiger charge is -2.01. The molecule has 0 aliphatic rings. The van der Waals surface area contributed by atoms with Crippen LogP contribution in [0.25, 0.3) is 20.7 Å². The Labute approximate surface area is 150 Å². The number of benzene rings is 1. The van der Waals surface area contributed by atoms with E-state index < -0.39 is 5.97 Å². The maximum absolute atomic E-state index is 11.5. The molecule has 4 rings (SSSR count). The van der Waals surface area contributed by atoms with E-state index in [2.05, 4.69) is 11.2 Å². The third-order valence-electron chi connectivity index (χ3n) is 3.61. The number of nitrogens with zero attached hydrogens (tertiary/aromatic N) is 2. The second-order valence-electron chi connectivity index (χ2n) is 5.25. The Morgan fingerprint density at radius 2 is 2.12 bits per heavy atom. The first-order valence-corrected chi connectivity index (χ1v) is 9.20. The summed E-state index contributed by atoms with van der Waals surface area (Å²) in [7, 11) is 0. The Kier molecular flexibility index (Phi) is 3.88. The zero-order chi connectivity index (χ0) is 16.7. The van der Waals surface area contributed by atoms with Crippen LogP contribution in [0, 0.1) is 0 Å². The summed E-state index contributed by atoms with van der Waals surface area (Å²) in [6.45, 7) is 0.421. The first-order valence-electron chi connectivity index (χ1n) is 7.13. The van der Waals surface area contributed by atoms with Crippen LogP contribution in [0.4, 0.5) is 0 Å². The summed E-state index contributed by atoms with van der Waals surface area (Å²) in [5, 5.41) is 17.7. The second-order valence-corrected chi connectivity index (χ2v) is 7.80. The van der Waals surface area contributed by atoms with Crippen LogP contribution in [0.5, 0.6) is 0 Å². The van der Waals surface area contributed by atoms with Gasteiger partial charge in [-0.15, -0.1) is 22.7 Å². The van der Waals surface area contributed by atoms with Gasteiger partial charge in [0.15, 0.2) is 0 Å². The highest BCUT2D eigenvalue weighted by Crippen LogP contribution is 2.30. The second kappa shape index (κ2) is 6.05. The number of rotatable bonds is 4. The van der Waals surface area contributed by atoms with Gasteiger partial charge in [0.1, 0.15) is 11.4 Å². The van der Waals surface area contributed by atoms with Gasteiger partial charge in [0.25, 0.3) is 0 Å². The van der Waals surface area contributed by atoms with Gasteiger partial charge in [0, 0.05) is 14.6 Å². The number of aromatic nitrogens is 2. The van der Waals surface area contributed by atoms with Crippen LogP contribution in [0.1, 0.15) is 15.4 Å². The van der Waals surface area contributed by atoms with Gasteiger partial charge in [-0.2, -0.15) is 5.10 Å². The van der Waals surface area contributed by atoms with Crippen molar-refractivity contribution in [2.75, 3.05) is 0 Å². The van der Waals surface area contributed by atoms with Gasteiger partial charge in [0.05, 0.1) is 11.4 Å². The minimum Gasteiger partial charge on any atom is -0.477 e. The van der Waals surface area contributed by atoms with Gasteiger partial charge in [-0.05, 0) is 41.1 Å². The molecule has 1 aromatic carbocycles. The van der Waals surface area contributed by atoms with Crippen molar-refractivity contribution in [3.05, 3.63) is 63.4 Å². The molecule has 1 N–H and O–H groups in total. The Hall–Kier alpha value is -2.15. The summed E-state index contributed by atoms with van der Waals surface area (Å²) in [5.74, 6) is -0.977. The molecule has 4 nitrogen and oxygen atoms in total. The summed E-state index contributed by atoms with van der Waals surface area (Å²) in [5.41, 5.74) is 0.875. The fourth-order valence-corrected chi connectivity index (χ4v) is 4.54. The third kappa shape index (κ3) is 2.84. The number of carbonyl (C=O) groups is 1. The van der Waals surface area contributed by atoms with Crippen LogP contribution < -0.4 is 0 Å². The molecular weight excluding hydrogens is 364 g/mol. The minimum atomic E-state index is -0.977. The van der Waals surface area contributed by atoms with Gasteiger partial charge < -0.3 is 5.11 Å². The van der Waals surface area contributed by atoms with E-state index in [0.29, 0.717) is 17.3 Å². The van der Waals surface area contributed by atoms with Crippen LogP contribution in [0.2, 0.25) is 5.02 Å². The van der Waals surface area contributed by atoms with Gasteiger partial charge >= 0.3 is 5.97 Å². The van der Waals surface area contributed by atoms with Crippen LogP contribution in [-0.2, 0) is 6.54 Å². The van der Waals surface area contributed by atoms with E-state index in [1.807, 2.05) is 35.7 Å². The smallest absolute Gasteiger partial charge is 0.354 e. The third-order valence-corrected chi connectivity index (χ3v) is 5.82. The number of aromatic carboxylic acids is 1. The van der Waals surface area contributed by atoms with Crippen molar-refractivity contribution >= 4 is 50.3 Å². The van der Waals surface area contributed by atoms with Crippen LogP contribution in [0.3, 0.4) is 0 Å². The number of carboxylic acids is 1. The number of hydrogen-bond acceptors (Lipinski definition) is 4. The molecule has 0 unspecified atom stereocenters. The number of fused-ring (bicyclic) bond motifs is 1. The molecule has 3 heterocycles. The van der Waals surface area contributed by atoms with Gasteiger partial charge in [-0.3, -0.25) is 4.68 Å². The summed E-state index contributed by atoms with van der Waals surface area (Å²) < 4.78 is 2.63. The van der Waals surface area contributed by atoms with E-state index in [1.54, 1.807) is 33.4 Å². The summed E-state index contributed by atoms with van der Waals surface area (Å²) >= 11 is 9.17. The molecule has 3 aromatic heterocycles. The lowest BCUT2D eigenvalue weighted by molar-refractivity contribution is 0.0684. The molecule has 120 valence electrons. The Morgan fingerprint density at radius 3 is 2.88 bits per heavy atom. The Balaban J connectivity index is 1.73. The lowest BCUT2D eigenvalue weighted by Crippen LogP contribution is -2.10. The SMILES string of the molecule is O=C(O)c1cc(-c2cccs2)nn1Cc1cc2ccc(Cl)cc2s1. The highest BCUT2D eigenvalue weighted by molar-refractivity contribution is 7.19. The molecule has 0 fully saturated rings. The average Bonchev–Trinajstić information content (AvgIpc) is 3.24. The number of hydrogen-bond donors (Lipinski definition) is 1. The molecule has 0 aliphatic heterocycles. The zero-order valence-electron chi connectivity index (χ0n) is 12.3. The molecule has 0 bridgehead atoms. The largest absolute Gasteiger partial charge is 0.477 e. The molecule has 0 spiro atoms. The molecule has 4 aromatic rings. The van der Waals surface area contributed by atoms with Crippen molar-refractivity contribution in [2.45, 2.75) is 6.54 Å². The zero-order valence-corrected chi connectivity index (χ0v) is 14.7. The highest BCUT2D eigenvalue weighted by Gasteiger charge is 2.17. The van der Waals surface area contributed by atoms with E-state index >= 15 is 0 Å². The van der Waals surface area contributed by atoms with Crippen LogP contribution in [0.15, 0.2) is 47.8 Å². The molecule has 0 saturated carbocycles. The van der Waals surface area contributed by atoms with E-state index in [1.165, 1.54) is 0 Å². The molecular formula is C17H11ClN2O2S2. The predicted octanol–water partition coefficient (Wildman–Crippen LogP) is 5.23. The number of carboxylic acid groups (broad SMARTS) is 1. The van der Waals surface area contributed by atoms with Crippen molar-refractivity contribution in [1.29, 1.82) is 0 Å². The maximum Gasteiger partial charge on any atom is 0.354 e. The van der Waals surface area contributed by atoms with Gasteiger partial charge in [0.2, 0.25) is 0 Å². The van der Waals surface area contributed by atoms with Crippen LogP contribution >= 0.6 is 34.3 Å². The summed E-state index contributed by atoms with van der Waals surface area (Å²) in [6, 6.07) is 13.3. The monoisotopic (exact) mass is 374 g/mol. The fraction of sp³-hybridized carbons (Fsp3) is 0.0588. The lowest BCUT2D eigenvalue weighted by atomic mass is 10.2. The van der Waals surface area contributed by atoms with Crippen molar-refractivity contribution in [3.8, 4) is 10.6 Å². The first kappa shape index (κ1) is 15.4. The normalized spacial score (nSPS) is 11.2. The van der Waals surface area contributed by atoms with Crippen molar-refractivity contribution in [1.82, 2.24) is 9.78 Å². The van der Waals surface area contributed by atoms with Crippen molar-refractivity contribution in [2.24, 2.45) is 0 Å². The molecule has 0 atom stereocenters.